The molecule has 1 aliphatic heterocycles. The molecule has 0 saturated carbocycles. The van der Waals surface area contributed by atoms with Gasteiger partial charge in [-0.2, -0.15) is 0 Å². The van der Waals surface area contributed by atoms with Crippen molar-refractivity contribution in [2.75, 3.05) is 18.0 Å². The van der Waals surface area contributed by atoms with Gasteiger partial charge in [0.25, 0.3) is 0 Å². The first kappa shape index (κ1) is 11.4. The second-order valence-corrected chi connectivity index (χ2v) is 4.62. The molecule has 1 fully saturated rings. The van der Waals surface area contributed by atoms with E-state index in [4.69, 9.17) is 4.74 Å². The Morgan fingerprint density at radius 1 is 1.25 bits per heavy atom. The molecule has 1 aliphatic rings. The second kappa shape index (κ2) is 4.42. The monoisotopic (exact) mass is 223 g/mol. The number of nitrogens with zero attached hydrogens (tertiary/aromatic N) is 1. The van der Waals surface area contributed by atoms with Crippen molar-refractivity contribution in [1.29, 1.82) is 0 Å². The minimum atomic E-state index is -0.138. The van der Waals surface area contributed by atoms with Crippen LogP contribution in [0.15, 0.2) is 18.2 Å². The number of benzene rings is 1. The van der Waals surface area contributed by atoms with Gasteiger partial charge in [-0.05, 0) is 38.5 Å². The summed E-state index contributed by atoms with van der Waals surface area (Å²) in [6.45, 7) is 7.45. The van der Waals surface area contributed by atoms with Gasteiger partial charge in [-0.1, -0.05) is 6.07 Å². The van der Waals surface area contributed by atoms with Crippen LogP contribution >= 0.6 is 0 Å². The van der Waals surface area contributed by atoms with Crippen molar-refractivity contribution in [3.63, 3.8) is 0 Å². The molecule has 1 aromatic carbocycles. The van der Waals surface area contributed by atoms with Crippen molar-refractivity contribution in [1.82, 2.24) is 0 Å². The van der Waals surface area contributed by atoms with Crippen LogP contribution in [-0.2, 0) is 4.74 Å². The van der Waals surface area contributed by atoms with E-state index in [-0.39, 0.29) is 18.0 Å². The number of anilines is 1. The summed E-state index contributed by atoms with van der Waals surface area (Å²) < 4.78 is 19.4. The van der Waals surface area contributed by atoms with E-state index in [2.05, 4.69) is 4.90 Å². The maximum Gasteiger partial charge on any atom is 0.146 e. The molecule has 2 nitrogen and oxygen atoms in total. The fourth-order valence-electron chi connectivity index (χ4n) is 2.24. The Morgan fingerprint density at radius 2 is 1.88 bits per heavy atom. The summed E-state index contributed by atoms with van der Waals surface area (Å²) >= 11 is 0. The van der Waals surface area contributed by atoms with Crippen molar-refractivity contribution in [3.8, 4) is 0 Å². The predicted octanol–water partition coefficient (Wildman–Crippen LogP) is 2.75. The van der Waals surface area contributed by atoms with Crippen LogP contribution in [0.1, 0.15) is 19.4 Å². The number of aryl methyl sites for hydroxylation is 1. The zero-order chi connectivity index (χ0) is 11.7. The van der Waals surface area contributed by atoms with E-state index >= 15 is 0 Å². The molecule has 16 heavy (non-hydrogen) atoms. The molecule has 2 rings (SSSR count). The summed E-state index contributed by atoms with van der Waals surface area (Å²) in [6, 6.07) is 5.39. The fraction of sp³-hybridized carbons (Fsp3) is 0.538. The molecule has 0 aliphatic carbocycles. The van der Waals surface area contributed by atoms with Gasteiger partial charge in [0.2, 0.25) is 0 Å². The molecule has 0 amide bonds. The number of hydrogen-bond donors (Lipinski definition) is 0. The third-order valence-corrected chi connectivity index (χ3v) is 2.86. The van der Waals surface area contributed by atoms with Crippen molar-refractivity contribution in [2.45, 2.75) is 33.0 Å². The maximum absolute atomic E-state index is 13.8. The minimum absolute atomic E-state index is 0.138. The first-order chi connectivity index (χ1) is 7.56. The molecule has 1 saturated heterocycles. The van der Waals surface area contributed by atoms with Crippen LogP contribution in [0.2, 0.25) is 0 Å². The summed E-state index contributed by atoms with van der Waals surface area (Å²) in [7, 11) is 0. The van der Waals surface area contributed by atoms with E-state index in [1.165, 1.54) is 0 Å². The highest BCUT2D eigenvalue weighted by Crippen LogP contribution is 2.24. The highest BCUT2D eigenvalue weighted by molar-refractivity contribution is 5.49. The van der Waals surface area contributed by atoms with Gasteiger partial charge in [0, 0.05) is 13.1 Å². The van der Waals surface area contributed by atoms with Crippen LogP contribution in [0.4, 0.5) is 10.1 Å². The molecule has 0 spiro atoms. The molecular formula is C13H18FNO. The van der Waals surface area contributed by atoms with Crippen LogP contribution in [0, 0.1) is 12.7 Å². The van der Waals surface area contributed by atoms with Crippen molar-refractivity contribution < 1.29 is 9.13 Å². The maximum atomic E-state index is 13.8. The summed E-state index contributed by atoms with van der Waals surface area (Å²) in [5.41, 5.74) is 1.64. The smallest absolute Gasteiger partial charge is 0.146 e. The Labute approximate surface area is 96.0 Å². The number of halogens is 1. The number of morpholine rings is 1. The van der Waals surface area contributed by atoms with E-state index in [0.29, 0.717) is 5.69 Å². The van der Waals surface area contributed by atoms with Crippen LogP contribution in [0.3, 0.4) is 0 Å². The molecule has 1 aromatic rings. The number of hydrogen-bond acceptors (Lipinski definition) is 2. The third-order valence-electron chi connectivity index (χ3n) is 2.86. The lowest BCUT2D eigenvalue weighted by Gasteiger charge is -2.37. The van der Waals surface area contributed by atoms with Crippen LogP contribution < -0.4 is 4.90 Å². The van der Waals surface area contributed by atoms with Gasteiger partial charge in [0.15, 0.2) is 0 Å². The van der Waals surface area contributed by atoms with Gasteiger partial charge >= 0.3 is 0 Å². The van der Waals surface area contributed by atoms with Crippen molar-refractivity contribution in [2.24, 2.45) is 0 Å². The predicted molar refractivity (Wildman–Crippen MR) is 63.4 cm³/mol. The topological polar surface area (TPSA) is 12.5 Å². The summed E-state index contributed by atoms with van der Waals surface area (Å²) in [5, 5.41) is 0. The fourth-order valence-corrected chi connectivity index (χ4v) is 2.24. The number of ether oxygens (including phenoxy) is 1. The van der Waals surface area contributed by atoms with Crippen LogP contribution in [-0.4, -0.2) is 25.3 Å². The molecule has 0 radical (unpaired) electrons. The average Bonchev–Trinajstić information content (AvgIpc) is 2.15. The van der Waals surface area contributed by atoms with E-state index in [9.17, 15) is 4.39 Å². The molecular weight excluding hydrogens is 205 g/mol. The Kier molecular flexibility index (Phi) is 3.15. The van der Waals surface area contributed by atoms with Gasteiger partial charge in [-0.3, -0.25) is 0 Å². The van der Waals surface area contributed by atoms with Gasteiger partial charge < -0.3 is 9.64 Å². The molecule has 1 heterocycles. The zero-order valence-corrected chi connectivity index (χ0v) is 10.0. The molecule has 2 atom stereocenters. The highest BCUT2D eigenvalue weighted by atomic mass is 19.1. The van der Waals surface area contributed by atoms with E-state index < -0.39 is 0 Å². The normalized spacial score (nSPS) is 25.9. The largest absolute Gasteiger partial charge is 0.372 e. The zero-order valence-electron chi connectivity index (χ0n) is 10.0. The van der Waals surface area contributed by atoms with Crippen molar-refractivity contribution >= 4 is 5.69 Å². The van der Waals surface area contributed by atoms with Crippen LogP contribution in [0.5, 0.6) is 0 Å². The van der Waals surface area contributed by atoms with E-state index in [1.54, 1.807) is 6.07 Å². The lowest BCUT2D eigenvalue weighted by Crippen LogP contribution is -2.45. The Hall–Kier alpha value is -1.09. The molecule has 3 heteroatoms. The second-order valence-electron chi connectivity index (χ2n) is 4.62. The van der Waals surface area contributed by atoms with Gasteiger partial charge in [0.1, 0.15) is 5.82 Å². The van der Waals surface area contributed by atoms with Crippen LogP contribution in [0.25, 0.3) is 0 Å². The number of rotatable bonds is 1. The minimum Gasteiger partial charge on any atom is -0.372 e. The molecule has 0 aromatic heterocycles. The van der Waals surface area contributed by atoms with E-state index in [0.717, 1.165) is 18.7 Å². The Bertz CT molecular complexity index is 370. The lowest BCUT2D eigenvalue weighted by molar-refractivity contribution is -0.00539. The lowest BCUT2D eigenvalue weighted by atomic mass is 10.1. The highest BCUT2D eigenvalue weighted by Gasteiger charge is 2.23. The molecule has 0 bridgehead atoms. The summed E-state index contributed by atoms with van der Waals surface area (Å²) in [5.74, 6) is -0.138. The standard InChI is InChI=1S/C13H18FNO/c1-9-4-5-13(12(14)6-9)15-7-10(2)16-11(3)8-15/h4-6,10-11H,7-8H2,1-3H3/t10-,11+. The quantitative estimate of drug-likeness (QED) is 0.726. The summed E-state index contributed by atoms with van der Waals surface area (Å²) in [6.07, 6.45) is 0.314. The Balaban J connectivity index is 2.23. The summed E-state index contributed by atoms with van der Waals surface area (Å²) in [4.78, 5) is 2.06. The van der Waals surface area contributed by atoms with Gasteiger partial charge in [-0.15, -0.1) is 0 Å². The van der Waals surface area contributed by atoms with Crippen molar-refractivity contribution in [3.05, 3.63) is 29.6 Å². The average molecular weight is 223 g/mol. The molecule has 0 unspecified atom stereocenters. The van der Waals surface area contributed by atoms with E-state index in [1.807, 2.05) is 32.9 Å². The van der Waals surface area contributed by atoms with Gasteiger partial charge in [0.05, 0.1) is 17.9 Å². The molecule has 0 N–H and O–H groups in total. The Morgan fingerprint density at radius 3 is 2.44 bits per heavy atom. The first-order valence-corrected chi connectivity index (χ1v) is 5.73. The molecule has 88 valence electrons. The SMILES string of the molecule is Cc1ccc(N2C[C@@H](C)O[C@@H](C)C2)c(F)c1. The van der Waals surface area contributed by atoms with Gasteiger partial charge in [-0.25, -0.2) is 4.39 Å². The first-order valence-electron chi connectivity index (χ1n) is 5.73. The third kappa shape index (κ3) is 2.35.